The van der Waals surface area contributed by atoms with E-state index in [0.717, 1.165) is 24.3 Å². The van der Waals surface area contributed by atoms with Gasteiger partial charge in [-0.2, -0.15) is 0 Å². The van der Waals surface area contributed by atoms with Crippen LogP contribution in [0.3, 0.4) is 0 Å². The van der Waals surface area contributed by atoms with E-state index in [2.05, 4.69) is 10.6 Å². The van der Waals surface area contributed by atoms with E-state index in [-0.39, 0.29) is 44.4 Å². The predicted octanol–water partition coefficient (Wildman–Crippen LogP) is 3.68. The summed E-state index contributed by atoms with van der Waals surface area (Å²) in [5.74, 6) is -5.75. The Labute approximate surface area is 217 Å². The van der Waals surface area contributed by atoms with E-state index in [0.29, 0.717) is 0 Å². The molecule has 8 N–H and O–H groups in total. The van der Waals surface area contributed by atoms with Crippen LogP contribution in [0.4, 0.5) is 11.4 Å². The standard InChI is InChI=1S/C27H18N2O10/c30-17-5-11(6-18(31)24(17)35)26(37)28-13-1-3-21-15(9-13)23(34)16-10-14(2-4-22(16)39-21)29-27(38)12-7-19(32)25(36)20(33)8-12/h1-10,30-33,35-36H,(H,28,37)(H,29,38). The van der Waals surface area contributed by atoms with Crippen LogP contribution >= 0.6 is 0 Å². The number of phenols is 6. The van der Waals surface area contributed by atoms with E-state index in [1.165, 1.54) is 36.4 Å². The number of carbonyl (C=O) groups excluding carboxylic acids is 2. The molecule has 0 saturated carbocycles. The van der Waals surface area contributed by atoms with E-state index >= 15 is 0 Å². The number of anilines is 2. The molecule has 0 radical (unpaired) electrons. The minimum Gasteiger partial charge on any atom is -0.504 e. The first-order chi connectivity index (χ1) is 18.5. The number of hydrogen-bond acceptors (Lipinski definition) is 10. The second-order valence-corrected chi connectivity index (χ2v) is 8.49. The van der Waals surface area contributed by atoms with Crippen LogP contribution in [-0.2, 0) is 0 Å². The second kappa shape index (κ2) is 9.19. The molecule has 5 rings (SSSR count). The van der Waals surface area contributed by atoms with Crippen molar-refractivity contribution in [3.8, 4) is 34.5 Å². The average molecular weight is 530 g/mol. The topological polar surface area (TPSA) is 210 Å². The Kier molecular flexibility index (Phi) is 5.84. The third-order valence-corrected chi connectivity index (χ3v) is 5.85. The normalized spacial score (nSPS) is 11.0. The van der Waals surface area contributed by atoms with E-state index in [9.17, 15) is 45.0 Å². The highest BCUT2D eigenvalue weighted by atomic mass is 16.3. The highest BCUT2D eigenvalue weighted by Gasteiger charge is 2.17. The van der Waals surface area contributed by atoms with Gasteiger partial charge in [-0.25, -0.2) is 0 Å². The number of fused-ring (bicyclic) bond motifs is 2. The van der Waals surface area contributed by atoms with Gasteiger partial charge in [-0.1, -0.05) is 0 Å². The molecule has 0 bridgehead atoms. The Hall–Kier alpha value is -5.91. The van der Waals surface area contributed by atoms with Crippen molar-refractivity contribution < 1.29 is 44.6 Å². The number of phenolic OH excluding ortho intramolecular Hbond substituents is 6. The summed E-state index contributed by atoms with van der Waals surface area (Å²) in [5.41, 5.74) is 0.0613. The van der Waals surface area contributed by atoms with Crippen LogP contribution in [0.5, 0.6) is 34.5 Å². The van der Waals surface area contributed by atoms with Gasteiger partial charge in [0, 0.05) is 22.5 Å². The maximum absolute atomic E-state index is 13.3. The predicted molar refractivity (Wildman–Crippen MR) is 139 cm³/mol. The lowest BCUT2D eigenvalue weighted by atomic mass is 10.1. The Bertz CT molecular complexity index is 1720. The Morgan fingerprint density at radius 1 is 0.564 bits per heavy atom. The van der Waals surface area contributed by atoms with Gasteiger partial charge >= 0.3 is 0 Å². The summed E-state index contributed by atoms with van der Waals surface area (Å²) in [4.78, 5) is 38.5. The number of carbonyl (C=O) groups is 2. The molecular weight excluding hydrogens is 512 g/mol. The smallest absolute Gasteiger partial charge is 0.255 e. The molecule has 0 fully saturated rings. The Balaban J connectivity index is 1.46. The molecule has 0 aliphatic rings. The molecule has 0 unspecified atom stereocenters. The molecule has 1 aromatic heterocycles. The molecule has 4 aromatic carbocycles. The molecule has 196 valence electrons. The lowest BCUT2D eigenvalue weighted by molar-refractivity contribution is 0.101. The first kappa shape index (κ1) is 24.8. The third kappa shape index (κ3) is 4.53. The molecular formula is C27H18N2O10. The van der Waals surface area contributed by atoms with Crippen LogP contribution in [0.15, 0.2) is 69.9 Å². The number of benzene rings is 4. The fourth-order valence-electron chi connectivity index (χ4n) is 3.89. The van der Waals surface area contributed by atoms with E-state index in [1.807, 2.05) is 0 Å². The number of amides is 2. The zero-order valence-corrected chi connectivity index (χ0v) is 19.6. The SMILES string of the molecule is O=C(Nc1ccc2oc3ccc(NC(=O)c4cc(O)c(O)c(O)c4)cc3c(=O)c2c1)c1cc(O)c(O)c(O)c1. The van der Waals surface area contributed by atoms with Crippen molar-refractivity contribution in [1.82, 2.24) is 0 Å². The van der Waals surface area contributed by atoms with E-state index in [1.54, 1.807) is 0 Å². The van der Waals surface area contributed by atoms with Gasteiger partial charge in [-0.05, 0) is 60.7 Å². The van der Waals surface area contributed by atoms with Gasteiger partial charge in [0.1, 0.15) is 11.2 Å². The largest absolute Gasteiger partial charge is 0.504 e. The van der Waals surface area contributed by atoms with Crippen molar-refractivity contribution in [1.29, 1.82) is 0 Å². The molecule has 0 atom stereocenters. The highest BCUT2D eigenvalue weighted by Crippen LogP contribution is 2.36. The summed E-state index contributed by atoms with van der Waals surface area (Å²) in [7, 11) is 0. The van der Waals surface area contributed by atoms with Crippen molar-refractivity contribution in [3.63, 3.8) is 0 Å². The van der Waals surface area contributed by atoms with Crippen molar-refractivity contribution >= 4 is 45.1 Å². The average Bonchev–Trinajstić information content (AvgIpc) is 2.90. The van der Waals surface area contributed by atoms with E-state index < -0.39 is 51.7 Å². The van der Waals surface area contributed by atoms with Gasteiger partial charge in [-0.15, -0.1) is 0 Å². The monoisotopic (exact) mass is 530 g/mol. The van der Waals surface area contributed by atoms with Crippen LogP contribution in [0, 0.1) is 0 Å². The molecule has 2 amide bonds. The Morgan fingerprint density at radius 2 is 0.923 bits per heavy atom. The lowest BCUT2D eigenvalue weighted by Crippen LogP contribution is -2.13. The summed E-state index contributed by atoms with van der Waals surface area (Å²) in [6.45, 7) is 0. The number of aromatic hydroxyl groups is 6. The van der Waals surface area contributed by atoms with Crippen molar-refractivity contribution in [2.45, 2.75) is 0 Å². The maximum Gasteiger partial charge on any atom is 0.255 e. The van der Waals surface area contributed by atoms with Gasteiger partial charge in [0.2, 0.25) is 5.43 Å². The van der Waals surface area contributed by atoms with Gasteiger partial charge < -0.3 is 45.7 Å². The molecule has 39 heavy (non-hydrogen) atoms. The van der Waals surface area contributed by atoms with Gasteiger partial charge in [0.05, 0.1) is 10.8 Å². The molecule has 1 heterocycles. The van der Waals surface area contributed by atoms with Crippen LogP contribution in [0.1, 0.15) is 20.7 Å². The first-order valence-electron chi connectivity index (χ1n) is 11.1. The fourth-order valence-corrected chi connectivity index (χ4v) is 3.89. The summed E-state index contributed by atoms with van der Waals surface area (Å²) in [5, 5.41) is 62.8. The summed E-state index contributed by atoms with van der Waals surface area (Å²) < 4.78 is 5.79. The molecule has 0 saturated heterocycles. The van der Waals surface area contributed by atoms with E-state index in [4.69, 9.17) is 4.42 Å². The van der Waals surface area contributed by atoms with Crippen LogP contribution < -0.4 is 16.1 Å². The van der Waals surface area contributed by atoms with Gasteiger partial charge in [0.25, 0.3) is 11.8 Å². The number of nitrogens with one attached hydrogen (secondary N) is 2. The number of rotatable bonds is 4. The molecule has 5 aromatic rings. The van der Waals surface area contributed by atoms with Gasteiger partial charge in [-0.3, -0.25) is 14.4 Å². The zero-order valence-electron chi connectivity index (χ0n) is 19.6. The molecule has 12 nitrogen and oxygen atoms in total. The first-order valence-corrected chi connectivity index (χ1v) is 11.1. The van der Waals surface area contributed by atoms with Crippen molar-refractivity contribution in [2.75, 3.05) is 10.6 Å². The van der Waals surface area contributed by atoms with Crippen LogP contribution in [0.2, 0.25) is 0 Å². The molecule has 0 aliphatic carbocycles. The molecule has 0 aliphatic heterocycles. The highest BCUT2D eigenvalue weighted by molar-refractivity contribution is 6.07. The minimum absolute atomic E-state index is 0.105. The summed E-state index contributed by atoms with van der Waals surface area (Å²) in [6.07, 6.45) is 0. The summed E-state index contributed by atoms with van der Waals surface area (Å²) >= 11 is 0. The van der Waals surface area contributed by atoms with Crippen LogP contribution in [-0.4, -0.2) is 42.5 Å². The minimum atomic E-state index is -0.767. The molecule has 0 spiro atoms. The lowest BCUT2D eigenvalue weighted by Gasteiger charge is -2.10. The quantitative estimate of drug-likeness (QED) is 0.125. The van der Waals surface area contributed by atoms with Crippen molar-refractivity contribution in [3.05, 3.63) is 82.0 Å². The maximum atomic E-state index is 13.3. The third-order valence-electron chi connectivity index (χ3n) is 5.85. The number of hydrogen-bond donors (Lipinski definition) is 8. The van der Waals surface area contributed by atoms with Crippen LogP contribution in [0.25, 0.3) is 21.9 Å². The van der Waals surface area contributed by atoms with Gasteiger partial charge in [0.15, 0.2) is 34.5 Å². The van der Waals surface area contributed by atoms with Crippen molar-refractivity contribution in [2.24, 2.45) is 0 Å². The fraction of sp³-hybridized carbons (Fsp3) is 0. The second-order valence-electron chi connectivity index (χ2n) is 8.49. The summed E-state index contributed by atoms with van der Waals surface area (Å²) in [6, 6.07) is 12.5. The zero-order chi connectivity index (χ0) is 28.0. The Morgan fingerprint density at radius 3 is 1.28 bits per heavy atom. The molecule has 12 heteroatoms.